The molecule has 1 aliphatic rings. The molecule has 0 unspecified atom stereocenters. The number of hydrogen-bond acceptors (Lipinski definition) is 7. The number of carbonyl (C=O) groups is 2. The summed E-state index contributed by atoms with van der Waals surface area (Å²) in [6.07, 6.45) is 5.75. The van der Waals surface area contributed by atoms with Crippen molar-refractivity contribution in [2.45, 2.75) is 11.8 Å². The molecule has 0 spiro atoms. The molecule has 2 amide bonds. The maximum absolute atomic E-state index is 12.9. The standard InChI is InChI=1S/C22H17N3O6S2/c1-14-6-8-17(9-7-14)33(28,29)25-24-20(26)18(12-15-4-2-10-30-15)22-23-21(27)19(32-22)13-16-5-3-11-31-16/h2-13,25H,1H3,(H,24,26)/b18-12-,19-13-. The van der Waals surface area contributed by atoms with Gasteiger partial charge in [-0.2, -0.15) is 0 Å². The first-order valence-corrected chi connectivity index (χ1v) is 11.8. The number of hydrogen-bond donors (Lipinski definition) is 2. The molecule has 0 saturated heterocycles. The number of carbonyl (C=O) groups excluding carboxylic acids is 2. The maximum atomic E-state index is 12.9. The summed E-state index contributed by atoms with van der Waals surface area (Å²) >= 11 is 0.960. The summed E-state index contributed by atoms with van der Waals surface area (Å²) in [6, 6.07) is 12.7. The van der Waals surface area contributed by atoms with Crippen molar-refractivity contribution in [3.8, 4) is 0 Å². The molecule has 11 heteroatoms. The normalized spacial score (nSPS) is 15.7. The van der Waals surface area contributed by atoms with E-state index in [-0.39, 0.29) is 20.4 Å². The SMILES string of the molecule is Cc1ccc(S(=O)(=O)NNC(=O)/C(=C/c2ccco2)C2=NC(=O)/C(=C/c3ccco3)S2)cc1. The van der Waals surface area contributed by atoms with Gasteiger partial charge in [-0.25, -0.2) is 13.4 Å². The van der Waals surface area contributed by atoms with Crippen LogP contribution in [0.15, 0.2) is 90.3 Å². The summed E-state index contributed by atoms with van der Waals surface area (Å²) in [6.45, 7) is 1.83. The number of furan rings is 2. The number of aryl methyl sites for hydroxylation is 1. The van der Waals surface area contributed by atoms with E-state index in [0.29, 0.717) is 11.5 Å². The van der Waals surface area contributed by atoms with Gasteiger partial charge in [-0.15, -0.1) is 4.83 Å². The Morgan fingerprint density at radius 1 is 1.03 bits per heavy atom. The fourth-order valence-corrected chi connectivity index (χ4v) is 4.47. The van der Waals surface area contributed by atoms with Gasteiger partial charge in [-0.05, 0) is 49.4 Å². The van der Waals surface area contributed by atoms with Crippen molar-refractivity contribution in [1.82, 2.24) is 10.3 Å². The molecule has 0 atom stereocenters. The van der Waals surface area contributed by atoms with E-state index in [9.17, 15) is 18.0 Å². The van der Waals surface area contributed by atoms with Crippen molar-refractivity contribution in [2.75, 3.05) is 0 Å². The largest absolute Gasteiger partial charge is 0.465 e. The van der Waals surface area contributed by atoms with Crippen LogP contribution in [-0.4, -0.2) is 25.3 Å². The summed E-state index contributed by atoms with van der Waals surface area (Å²) < 4.78 is 35.5. The number of nitrogens with zero attached hydrogens (tertiary/aromatic N) is 1. The van der Waals surface area contributed by atoms with Crippen LogP contribution in [0.2, 0.25) is 0 Å². The van der Waals surface area contributed by atoms with E-state index in [1.165, 1.54) is 36.8 Å². The molecule has 3 heterocycles. The van der Waals surface area contributed by atoms with Gasteiger partial charge in [0, 0.05) is 6.08 Å². The molecule has 0 aliphatic carbocycles. The first-order chi connectivity index (χ1) is 15.8. The van der Waals surface area contributed by atoms with E-state index in [1.807, 2.05) is 6.92 Å². The zero-order valence-corrected chi connectivity index (χ0v) is 18.8. The van der Waals surface area contributed by atoms with Gasteiger partial charge in [0.25, 0.3) is 21.8 Å². The molecular weight excluding hydrogens is 466 g/mol. The molecule has 33 heavy (non-hydrogen) atoms. The molecule has 0 fully saturated rings. The van der Waals surface area contributed by atoms with Crippen molar-refractivity contribution in [1.29, 1.82) is 0 Å². The number of amides is 2. The zero-order valence-electron chi connectivity index (χ0n) is 17.1. The summed E-state index contributed by atoms with van der Waals surface area (Å²) in [4.78, 5) is 31.5. The molecule has 2 N–H and O–H groups in total. The lowest BCUT2D eigenvalue weighted by Gasteiger charge is -2.10. The summed E-state index contributed by atoms with van der Waals surface area (Å²) in [7, 11) is -4.02. The maximum Gasteiger partial charge on any atom is 0.285 e. The number of hydrazine groups is 1. The van der Waals surface area contributed by atoms with Crippen LogP contribution in [0.3, 0.4) is 0 Å². The van der Waals surface area contributed by atoms with Crippen molar-refractivity contribution in [3.05, 3.63) is 88.6 Å². The van der Waals surface area contributed by atoms with E-state index >= 15 is 0 Å². The predicted octanol–water partition coefficient (Wildman–Crippen LogP) is 3.29. The van der Waals surface area contributed by atoms with Gasteiger partial charge in [0.1, 0.15) is 16.6 Å². The number of sulfonamides is 1. The highest BCUT2D eigenvalue weighted by Crippen LogP contribution is 2.32. The lowest BCUT2D eigenvalue weighted by Crippen LogP contribution is -2.43. The van der Waals surface area contributed by atoms with E-state index < -0.39 is 21.8 Å². The van der Waals surface area contributed by atoms with E-state index in [0.717, 1.165) is 17.3 Å². The molecule has 0 radical (unpaired) electrons. The third-order valence-corrected chi connectivity index (χ3v) is 6.65. The highest BCUT2D eigenvalue weighted by molar-refractivity contribution is 8.19. The van der Waals surface area contributed by atoms with E-state index in [1.54, 1.807) is 36.4 Å². The van der Waals surface area contributed by atoms with E-state index in [2.05, 4.69) is 15.2 Å². The van der Waals surface area contributed by atoms with Crippen LogP contribution < -0.4 is 10.3 Å². The predicted molar refractivity (Wildman–Crippen MR) is 123 cm³/mol. The van der Waals surface area contributed by atoms with Gasteiger partial charge >= 0.3 is 0 Å². The average Bonchev–Trinajstić information content (AvgIpc) is 3.55. The molecular formula is C22H17N3O6S2. The minimum atomic E-state index is -4.02. The van der Waals surface area contributed by atoms with Crippen molar-refractivity contribution in [2.24, 2.45) is 4.99 Å². The highest BCUT2D eigenvalue weighted by atomic mass is 32.2. The molecule has 3 aromatic rings. The Morgan fingerprint density at radius 3 is 2.33 bits per heavy atom. The Hall–Kier alpha value is -3.67. The number of benzene rings is 1. The molecule has 0 bridgehead atoms. The van der Waals surface area contributed by atoms with Crippen LogP contribution in [0.25, 0.3) is 12.2 Å². The minimum Gasteiger partial charge on any atom is -0.465 e. The van der Waals surface area contributed by atoms with Crippen LogP contribution in [0.1, 0.15) is 17.1 Å². The Labute approximate surface area is 193 Å². The van der Waals surface area contributed by atoms with Gasteiger partial charge < -0.3 is 8.83 Å². The van der Waals surface area contributed by atoms with Gasteiger partial charge in [0.2, 0.25) is 0 Å². The Morgan fingerprint density at radius 2 is 1.70 bits per heavy atom. The fourth-order valence-electron chi connectivity index (χ4n) is 2.72. The summed E-state index contributed by atoms with van der Waals surface area (Å²) in [5.41, 5.74) is 3.00. The topological polar surface area (TPSA) is 131 Å². The Bertz CT molecular complexity index is 1370. The molecule has 168 valence electrons. The number of thioether (sulfide) groups is 1. The van der Waals surface area contributed by atoms with Crippen molar-refractivity contribution >= 4 is 50.8 Å². The lowest BCUT2D eigenvalue weighted by molar-refractivity contribution is -0.117. The van der Waals surface area contributed by atoms with Crippen LogP contribution in [0.4, 0.5) is 0 Å². The van der Waals surface area contributed by atoms with Crippen LogP contribution in [0, 0.1) is 6.92 Å². The van der Waals surface area contributed by atoms with Crippen LogP contribution >= 0.6 is 11.8 Å². The van der Waals surface area contributed by atoms with Crippen LogP contribution in [0.5, 0.6) is 0 Å². The highest BCUT2D eigenvalue weighted by Gasteiger charge is 2.29. The third kappa shape index (κ3) is 5.40. The second-order valence-corrected chi connectivity index (χ2v) is 9.51. The first-order valence-electron chi connectivity index (χ1n) is 9.52. The number of aliphatic imine (C=N–C) groups is 1. The van der Waals surface area contributed by atoms with Gasteiger partial charge in [0.15, 0.2) is 0 Å². The van der Waals surface area contributed by atoms with Crippen molar-refractivity contribution in [3.63, 3.8) is 0 Å². The Kier molecular flexibility index (Phi) is 6.45. The molecule has 1 aliphatic heterocycles. The molecule has 2 aromatic heterocycles. The van der Waals surface area contributed by atoms with E-state index in [4.69, 9.17) is 8.83 Å². The van der Waals surface area contributed by atoms with Crippen LogP contribution in [-0.2, 0) is 19.6 Å². The lowest BCUT2D eigenvalue weighted by atomic mass is 10.2. The van der Waals surface area contributed by atoms with Gasteiger partial charge in [0.05, 0.1) is 27.9 Å². The first kappa shape index (κ1) is 22.5. The molecule has 0 saturated carbocycles. The minimum absolute atomic E-state index is 0.0172. The fraction of sp³-hybridized carbons (Fsp3) is 0.0455. The molecule has 4 rings (SSSR count). The summed E-state index contributed by atoms with van der Waals surface area (Å²) in [5, 5.41) is 0.0845. The molecule has 9 nitrogen and oxygen atoms in total. The third-order valence-electron chi connectivity index (χ3n) is 4.37. The second-order valence-electron chi connectivity index (χ2n) is 6.79. The second kappa shape index (κ2) is 9.45. The number of nitrogens with one attached hydrogen (secondary N) is 2. The summed E-state index contributed by atoms with van der Waals surface area (Å²) in [5.74, 6) is -0.597. The Balaban J connectivity index is 1.56. The average molecular weight is 484 g/mol. The molecule has 1 aromatic carbocycles. The van der Waals surface area contributed by atoms with Gasteiger partial charge in [-0.3, -0.25) is 15.0 Å². The zero-order chi connectivity index (χ0) is 23.4. The smallest absolute Gasteiger partial charge is 0.285 e. The number of rotatable bonds is 7. The monoisotopic (exact) mass is 483 g/mol. The van der Waals surface area contributed by atoms with Crippen molar-refractivity contribution < 1.29 is 26.8 Å². The van der Waals surface area contributed by atoms with Gasteiger partial charge in [-0.1, -0.05) is 29.5 Å². The quantitative estimate of drug-likeness (QED) is 0.389.